The lowest BCUT2D eigenvalue weighted by Crippen LogP contribution is -2.26. The molecule has 0 N–H and O–H groups in total. The summed E-state index contributed by atoms with van der Waals surface area (Å²) in [5.74, 6) is 1.99. The first kappa shape index (κ1) is 26.5. The van der Waals surface area contributed by atoms with Crippen LogP contribution in [0.25, 0.3) is 72.8 Å². The van der Waals surface area contributed by atoms with Gasteiger partial charge in [0.1, 0.15) is 0 Å². The van der Waals surface area contributed by atoms with Gasteiger partial charge in [-0.2, -0.15) is 0 Å². The summed E-state index contributed by atoms with van der Waals surface area (Å²) >= 11 is 0. The Hall–Kier alpha value is -5.87. The molecule has 4 heteroatoms. The Labute approximate surface area is 267 Å². The average molecular weight is 591 g/mol. The minimum Gasteiger partial charge on any atom is -0.309 e. The fourth-order valence-electron chi connectivity index (χ4n) is 7.08. The van der Waals surface area contributed by atoms with Gasteiger partial charge in [0, 0.05) is 32.9 Å². The predicted molar refractivity (Wildman–Crippen MR) is 188 cm³/mol. The molecule has 3 heterocycles. The van der Waals surface area contributed by atoms with Gasteiger partial charge in [0.2, 0.25) is 0 Å². The number of nitrogens with zero attached hydrogens (tertiary/aromatic N) is 4. The molecular formula is C42H30N4. The normalized spacial score (nSPS) is 13.2. The van der Waals surface area contributed by atoms with E-state index in [0.717, 1.165) is 22.3 Å². The summed E-state index contributed by atoms with van der Waals surface area (Å²) in [6, 6.07) is 51.2. The van der Waals surface area contributed by atoms with Crippen molar-refractivity contribution in [2.45, 2.75) is 19.3 Å². The van der Waals surface area contributed by atoms with Crippen molar-refractivity contribution in [3.05, 3.63) is 157 Å². The third-order valence-corrected chi connectivity index (χ3v) is 9.45. The van der Waals surface area contributed by atoms with E-state index in [1.807, 2.05) is 60.7 Å². The van der Waals surface area contributed by atoms with E-state index >= 15 is 0 Å². The summed E-state index contributed by atoms with van der Waals surface area (Å²) in [4.78, 5) is 14.7. The van der Waals surface area contributed by atoms with E-state index in [0.29, 0.717) is 17.5 Å². The molecule has 2 aromatic heterocycles. The van der Waals surface area contributed by atoms with Crippen LogP contribution in [-0.2, 0) is 5.41 Å². The van der Waals surface area contributed by atoms with Crippen molar-refractivity contribution in [2.75, 3.05) is 0 Å². The summed E-state index contributed by atoms with van der Waals surface area (Å²) in [6.45, 7) is 4.70. The Morgan fingerprint density at radius 2 is 0.957 bits per heavy atom. The topological polar surface area (TPSA) is 43.6 Å². The zero-order valence-electron chi connectivity index (χ0n) is 25.6. The first-order valence-electron chi connectivity index (χ1n) is 15.7. The van der Waals surface area contributed by atoms with Crippen LogP contribution in [-0.4, -0.2) is 19.5 Å². The molecule has 0 fully saturated rings. The Morgan fingerprint density at radius 1 is 0.435 bits per heavy atom. The molecule has 0 atom stereocenters. The maximum atomic E-state index is 4.91. The van der Waals surface area contributed by atoms with E-state index in [-0.39, 0.29) is 5.41 Å². The average Bonchev–Trinajstić information content (AvgIpc) is 3.46. The van der Waals surface area contributed by atoms with Crippen molar-refractivity contribution in [3.8, 4) is 51.0 Å². The summed E-state index contributed by atoms with van der Waals surface area (Å²) in [7, 11) is 0. The fraction of sp³-hybridized carbons (Fsp3) is 0.0714. The Kier molecular flexibility index (Phi) is 5.81. The Balaban J connectivity index is 1.14. The number of fused-ring (bicyclic) bond motifs is 5. The molecule has 6 aromatic carbocycles. The van der Waals surface area contributed by atoms with Gasteiger partial charge >= 0.3 is 0 Å². The molecule has 9 rings (SSSR count). The molecule has 0 radical (unpaired) electrons. The van der Waals surface area contributed by atoms with Gasteiger partial charge in [0.05, 0.1) is 16.7 Å². The minimum absolute atomic E-state index is 0.151. The van der Waals surface area contributed by atoms with Crippen LogP contribution in [0.5, 0.6) is 0 Å². The molecule has 218 valence electrons. The molecule has 1 aliphatic heterocycles. The first-order chi connectivity index (χ1) is 22.6. The molecule has 0 unspecified atom stereocenters. The highest BCUT2D eigenvalue weighted by molar-refractivity contribution is 6.11. The van der Waals surface area contributed by atoms with E-state index in [2.05, 4.69) is 103 Å². The highest BCUT2D eigenvalue weighted by Gasteiger charge is 2.35. The molecule has 4 nitrogen and oxygen atoms in total. The molecule has 0 amide bonds. The highest BCUT2D eigenvalue weighted by Crippen LogP contribution is 2.48. The fourth-order valence-corrected chi connectivity index (χ4v) is 7.08. The van der Waals surface area contributed by atoms with Gasteiger partial charge < -0.3 is 4.57 Å². The second kappa shape index (κ2) is 10.1. The van der Waals surface area contributed by atoms with Crippen LogP contribution in [0.2, 0.25) is 0 Å². The molecular weight excluding hydrogens is 560 g/mol. The third-order valence-electron chi connectivity index (χ3n) is 9.45. The van der Waals surface area contributed by atoms with Crippen molar-refractivity contribution in [1.29, 1.82) is 0 Å². The summed E-state index contributed by atoms with van der Waals surface area (Å²) in [5, 5.41) is 2.61. The van der Waals surface area contributed by atoms with Gasteiger partial charge in [0.25, 0.3) is 0 Å². The molecule has 0 saturated heterocycles. The number of para-hydroxylation sites is 2. The van der Waals surface area contributed by atoms with E-state index in [1.54, 1.807) is 0 Å². The van der Waals surface area contributed by atoms with Crippen LogP contribution in [0.1, 0.15) is 25.0 Å². The highest BCUT2D eigenvalue weighted by atomic mass is 15.0. The van der Waals surface area contributed by atoms with Gasteiger partial charge in [-0.05, 0) is 40.5 Å². The van der Waals surface area contributed by atoms with Crippen LogP contribution in [0, 0.1) is 0 Å². The molecule has 0 bridgehead atoms. The third kappa shape index (κ3) is 4.04. The second-order valence-electron chi connectivity index (χ2n) is 12.5. The largest absolute Gasteiger partial charge is 0.309 e. The van der Waals surface area contributed by atoms with Crippen LogP contribution in [0.4, 0.5) is 0 Å². The lowest BCUT2D eigenvalue weighted by atomic mass is 9.74. The van der Waals surface area contributed by atoms with E-state index < -0.39 is 0 Å². The van der Waals surface area contributed by atoms with E-state index in [4.69, 9.17) is 15.0 Å². The Morgan fingerprint density at radius 3 is 1.61 bits per heavy atom. The van der Waals surface area contributed by atoms with Gasteiger partial charge in [0.15, 0.2) is 17.5 Å². The molecule has 8 aromatic rings. The standard InChI is InChI=1S/C42H30N4/c1-42(2)34-18-11-17-33-32-16-9-10-19-36(32)46(38(33)34)37-25-24-31(26-35(37)42)27-20-22-30(23-21-27)41-44-39(28-12-5-3-6-13-28)43-40(45-41)29-14-7-4-8-15-29/h3-26H,1-2H3. The van der Waals surface area contributed by atoms with E-state index in [1.165, 1.54) is 44.2 Å². The summed E-state index contributed by atoms with van der Waals surface area (Å²) < 4.78 is 2.46. The van der Waals surface area contributed by atoms with Crippen LogP contribution >= 0.6 is 0 Å². The monoisotopic (exact) mass is 590 g/mol. The van der Waals surface area contributed by atoms with Crippen molar-refractivity contribution in [1.82, 2.24) is 19.5 Å². The molecule has 0 spiro atoms. The number of hydrogen-bond acceptors (Lipinski definition) is 3. The zero-order valence-corrected chi connectivity index (χ0v) is 25.6. The van der Waals surface area contributed by atoms with E-state index in [9.17, 15) is 0 Å². The zero-order chi connectivity index (χ0) is 30.8. The summed E-state index contributed by atoms with van der Waals surface area (Å²) in [6.07, 6.45) is 0. The Bertz CT molecular complexity index is 2360. The van der Waals surface area contributed by atoms with Gasteiger partial charge in [-0.1, -0.05) is 141 Å². The van der Waals surface area contributed by atoms with Crippen molar-refractivity contribution in [3.63, 3.8) is 0 Å². The number of benzene rings is 6. The van der Waals surface area contributed by atoms with Crippen molar-refractivity contribution < 1.29 is 0 Å². The molecule has 0 aliphatic carbocycles. The maximum Gasteiger partial charge on any atom is 0.164 e. The predicted octanol–water partition coefficient (Wildman–Crippen LogP) is 10.3. The first-order valence-corrected chi connectivity index (χ1v) is 15.7. The van der Waals surface area contributed by atoms with Crippen molar-refractivity contribution in [2.24, 2.45) is 0 Å². The lowest BCUT2D eigenvalue weighted by Gasteiger charge is -2.35. The quantitative estimate of drug-likeness (QED) is 0.205. The number of hydrogen-bond donors (Lipinski definition) is 0. The lowest BCUT2D eigenvalue weighted by molar-refractivity contribution is 0.630. The van der Waals surface area contributed by atoms with Crippen LogP contribution in [0.15, 0.2) is 146 Å². The molecule has 1 aliphatic rings. The number of rotatable bonds is 4. The van der Waals surface area contributed by atoms with Gasteiger partial charge in [-0.25, -0.2) is 15.0 Å². The number of aromatic nitrogens is 4. The van der Waals surface area contributed by atoms with Gasteiger partial charge in [-0.15, -0.1) is 0 Å². The van der Waals surface area contributed by atoms with Crippen LogP contribution < -0.4 is 0 Å². The smallest absolute Gasteiger partial charge is 0.164 e. The van der Waals surface area contributed by atoms with Gasteiger partial charge in [-0.3, -0.25) is 0 Å². The molecule has 0 saturated carbocycles. The molecule has 46 heavy (non-hydrogen) atoms. The van der Waals surface area contributed by atoms with Crippen molar-refractivity contribution >= 4 is 21.8 Å². The SMILES string of the molecule is CC1(C)c2cc(-c3ccc(-c4nc(-c5ccccc5)nc(-c5ccccc5)n4)cc3)ccc2-n2c3ccccc3c3cccc1c32. The van der Waals surface area contributed by atoms with Crippen LogP contribution in [0.3, 0.4) is 0 Å². The minimum atomic E-state index is -0.151. The maximum absolute atomic E-state index is 4.91. The summed E-state index contributed by atoms with van der Waals surface area (Å²) in [5.41, 5.74) is 11.6. The second-order valence-corrected chi connectivity index (χ2v) is 12.5.